The Morgan fingerprint density at radius 2 is 1.91 bits per heavy atom. The van der Waals surface area contributed by atoms with Crippen LogP contribution in [0.3, 0.4) is 0 Å². The number of rotatable bonds is 10. The summed E-state index contributed by atoms with van der Waals surface area (Å²) >= 11 is 1.95. The summed E-state index contributed by atoms with van der Waals surface area (Å²) in [6.45, 7) is 12.6. The SMILES string of the molecule is CSC(C)(C)CCCC(C)C/C=C/C(C)=C/C(=O)OC(C)C. The van der Waals surface area contributed by atoms with Crippen molar-refractivity contribution in [2.45, 2.75) is 78.1 Å². The summed E-state index contributed by atoms with van der Waals surface area (Å²) in [4.78, 5) is 11.5. The molecule has 1 unspecified atom stereocenters. The fourth-order valence-corrected chi connectivity index (χ4v) is 2.43. The predicted octanol–water partition coefficient (Wildman–Crippen LogP) is 5.78. The molecular weight excluding hydrogens is 292 g/mol. The van der Waals surface area contributed by atoms with Gasteiger partial charge in [0.1, 0.15) is 0 Å². The van der Waals surface area contributed by atoms with Gasteiger partial charge in [0.25, 0.3) is 0 Å². The number of thioether (sulfide) groups is 1. The first kappa shape index (κ1) is 21.3. The Balaban J connectivity index is 4.05. The fourth-order valence-electron chi connectivity index (χ4n) is 2.08. The average molecular weight is 327 g/mol. The zero-order chi connectivity index (χ0) is 17.2. The van der Waals surface area contributed by atoms with Crippen molar-refractivity contribution >= 4 is 17.7 Å². The minimum Gasteiger partial charge on any atom is -0.460 e. The highest BCUT2D eigenvalue weighted by atomic mass is 32.2. The molecule has 128 valence electrons. The molecule has 0 spiro atoms. The molecule has 0 radical (unpaired) electrons. The van der Waals surface area contributed by atoms with Crippen molar-refractivity contribution in [2.75, 3.05) is 6.26 Å². The van der Waals surface area contributed by atoms with Gasteiger partial charge in [0.2, 0.25) is 0 Å². The lowest BCUT2D eigenvalue weighted by atomic mass is 9.96. The topological polar surface area (TPSA) is 26.3 Å². The molecule has 0 heterocycles. The van der Waals surface area contributed by atoms with Crippen LogP contribution in [0.25, 0.3) is 0 Å². The van der Waals surface area contributed by atoms with Crippen molar-refractivity contribution in [1.82, 2.24) is 0 Å². The molecule has 0 fully saturated rings. The second-order valence-corrected chi connectivity index (χ2v) is 8.49. The molecule has 0 bridgehead atoms. The molecule has 0 rings (SSSR count). The van der Waals surface area contributed by atoms with Gasteiger partial charge in [0.05, 0.1) is 6.10 Å². The van der Waals surface area contributed by atoms with Gasteiger partial charge in [-0.3, -0.25) is 0 Å². The van der Waals surface area contributed by atoms with Crippen LogP contribution in [-0.4, -0.2) is 23.1 Å². The highest BCUT2D eigenvalue weighted by molar-refractivity contribution is 7.99. The lowest BCUT2D eigenvalue weighted by molar-refractivity contribution is -0.141. The maximum atomic E-state index is 11.5. The van der Waals surface area contributed by atoms with Gasteiger partial charge in [-0.25, -0.2) is 4.79 Å². The quantitative estimate of drug-likeness (QED) is 0.289. The molecule has 0 N–H and O–H groups in total. The van der Waals surface area contributed by atoms with Crippen LogP contribution in [0, 0.1) is 5.92 Å². The van der Waals surface area contributed by atoms with Crippen LogP contribution >= 0.6 is 11.8 Å². The van der Waals surface area contributed by atoms with Crippen molar-refractivity contribution in [1.29, 1.82) is 0 Å². The van der Waals surface area contributed by atoms with Gasteiger partial charge in [-0.05, 0) is 51.4 Å². The van der Waals surface area contributed by atoms with Crippen molar-refractivity contribution in [3.05, 3.63) is 23.8 Å². The number of esters is 1. The van der Waals surface area contributed by atoms with Gasteiger partial charge >= 0.3 is 5.97 Å². The van der Waals surface area contributed by atoms with E-state index in [1.165, 1.54) is 19.3 Å². The van der Waals surface area contributed by atoms with Crippen LogP contribution in [0.5, 0.6) is 0 Å². The Morgan fingerprint density at radius 1 is 1.27 bits per heavy atom. The molecule has 0 aromatic rings. The van der Waals surface area contributed by atoms with Crippen LogP contribution in [0.15, 0.2) is 23.8 Å². The minimum atomic E-state index is -0.260. The van der Waals surface area contributed by atoms with Crippen molar-refractivity contribution < 1.29 is 9.53 Å². The Kier molecular flexibility index (Phi) is 10.6. The average Bonchev–Trinajstić information content (AvgIpc) is 2.37. The van der Waals surface area contributed by atoms with Gasteiger partial charge in [0, 0.05) is 10.8 Å². The molecule has 0 aliphatic heterocycles. The molecule has 3 heteroatoms. The third-order valence-electron chi connectivity index (χ3n) is 3.64. The van der Waals surface area contributed by atoms with Gasteiger partial charge in [0.15, 0.2) is 0 Å². The lowest BCUT2D eigenvalue weighted by Crippen LogP contribution is -2.13. The second-order valence-electron chi connectivity index (χ2n) is 6.97. The normalized spacial score (nSPS) is 14.6. The summed E-state index contributed by atoms with van der Waals surface area (Å²) in [7, 11) is 0. The van der Waals surface area contributed by atoms with Crippen LogP contribution < -0.4 is 0 Å². The molecule has 0 aromatic heterocycles. The summed E-state index contributed by atoms with van der Waals surface area (Å²) in [5, 5.41) is 0. The van der Waals surface area contributed by atoms with Gasteiger partial charge in [-0.2, -0.15) is 11.8 Å². The van der Waals surface area contributed by atoms with E-state index in [0.29, 0.717) is 10.7 Å². The van der Waals surface area contributed by atoms with Crippen LogP contribution in [-0.2, 0) is 9.53 Å². The number of ether oxygens (including phenoxy) is 1. The van der Waals surface area contributed by atoms with Crippen molar-refractivity contribution in [3.8, 4) is 0 Å². The first-order valence-corrected chi connectivity index (χ1v) is 9.49. The maximum Gasteiger partial charge on any atom is 0.331 e. The lowest BCUT2D eigenvalue weighted by Gasteiger charge is -2.22. The second kappa shape index (κ2) is 10.9. The van der Waals surface area contributed by atoms with E-state index in [0.717, 1.165) is 12.0 Å². The summed E-state index contributed by atoms with van der Waals surface area (Å²) in [6.07, 6.45) is 12.7. The van der Waals surface area contributed by atoms with E-state index in [2.05, 4.69) is 33.1 Å². The zero-order valence-corrected chi connectivity index (χ0v) is 16.3. The highest BCUT2D eigenvalue weighted by Gasteiger charge is 2.15. The number of allylic oxidation sites excluding steroid dienone is 3. The van der Waals surface area contributed by atoms with Gasteiger partial charge in [-0.1, -0.05) is 45.8 Å². The molecule has 0 aliphatic rings. The molecule has 0 saturated heterocycles. The summed E-state index contributed by atoms with van der Waals surface area (Å²) < 4.78 is 5.49. The van der Waals surface area contributed by atoms with Crippen molar-refractivity contribution in [3.63, 3.8) is 0 Å². The standard InChI is InChI=1S/C19H34O2S/c1-15(2)21-18(20)14-17(4)11-8-10-16(3)12-9-13-19(5,6)22-7/h8,11,14-16H,9-10,12-13H2,1-7H3/b11-8+,17-14+. The molecule has 0 aliphatic carbocycles. The van der Waals surface area contributed by atoms with E-state index in [4.69, 9.17) is 4.74 Å². The summed E-state index contributed by atoms with van der Waals surface area (Å²) in [5.41, 5.74) is 0.946. The number of carbonyl (C=O) groups excluding carboxylic acids is 1. The van der Waals surface area contributed by atoms with E-state index in [1.807, 2.05) is 38.6 Å². The maximum absolute atomic E-state index is 11.5. The molecular formula is C19H34O2S. The third-order valence-corrected chi connectivity index (χ3v) is 4.95. The van der Waals surface area contributed by atoms with Crippen LogP contribution in [0.4, 0.5) is 0 Å². The first-order chi connectivity index (χ1) is 10.2. The monoisotopic (exact) mass is 326 g/mol. The van der Waals surface area contributed by atoms with Gasteiger partial charge in [-0.15, -0.1) is 0 Å². The third kappa shape index (κ3) is 11.9. The Hall–Kier alpha value is -0.700. The van der Waals surface area contributed by atoms with Crippen molar-refractivity contribution in [2.24, 2.45) is 5.92 Å². The Labute approximate surface area is 141 Å². The Morgan fingerprint density at radius 3 is 2.45 bits per heavy atom. The Bertz CT molecular complexity index is 381. The molecule has 0 saturated carbocycles. The number of hydrogen-bond acceptors (Lipinski definition) is 3. The van der Waals surface area contributed by atoms with E-state index < -0.39 is 0 Å². The van der Waals surface area contributed by atoms with E-state index in [-0.39, 0.29) is 12.1 Å². The van der Waals surface area contributed by atoms with Crippen LogP contribution in [0.2, 0.25) is 0 Å². The molecule has 0 aromatic carbocycles. The zero-order valence-electron chi connectivity index (χ0n) is 15.4. The van der Waals surface area contributed by atoms with E-state index in [1.54, 1.807) is 6.08 Å². The van der Waals surface area contributed by atoms with Gasteiger partial charge < -0.3 is 4.74 Å². The minimum absolute atomic E-state index is 0.0638. The van der Waals surface area contributed by atoms with Crippen LogP contribution in [0.1, 0.15) is 67.2 Å². The summed E-state index contributed by atoms with van der Waals surface area (Å²) in [6, 6.07) is 0. The fraction of sp³-hybridized carbons (Fsp3) is 0.737. The summed E-state index contributed by atoms with van der Waals surface area (Å²) in [5.74, 6) is 0.425. The molecule has 1 atom stereocenters. The number of carbonyl (C=O) groups is 1. The highest BCUT2D eigenvalue weighted by Crippen LogP contribution is 2.28. The predicted molar refractivity (Wildman–Crippen MR) is 99.4 cm³/mol. The first-order valence-electron chi connectivity index (χ1n) is 8.27. The molecule has 0 amide bonds. The van der Waals surface area contributed by atoms with E-state index in [9.17, 15) is 4.79 Å². The largest absolute Gasteiger partial charge is 0.460 e. The number of hydrogen-bond donors (Lipinski definition) is 0. The molecule has 22 heavy (non-hydrogen) atoms. The molecule has 2 nitrogen and oxygen atoms in total. The smallest absolute Gasteiger partial charge is 0.331 e. The van der Waals surface area contributed by atoms with E-state index >= 15 is 0 Å².